The molecule has 0 saturated carbocycles. The van der Waals surface area contributed by atoms with Crippen molar-refractivity contribution in [1.82, 2.24) is 0 Å². The third-order valence-electron chi connectivity index (χ3n) is 8.14. The normalized spacial score (nSPS) is 21.0. The molecule has 0 amide bonds. The lowest BCUT2D eigenvalue weighted by Crippen LogP contribution is -2.62. The molecule has 264 valence electrons. The zero-order valence-corrected chi connectivity index (χ0v) is 30.0. The number of esters is 1. The van der Waals surface area contributed by atoms with Gasteiger partial charge in [-0.2, -0.15) is 0 Å². The average Bonchev–Trinajstić information content (AvgIpc) is 3.11. The van der Waals surface area contributed by atoms with Gasteiger partial charge < -0.3 is 33.2 Å². The topological polar surface area (TPSA) is 130 Å². The molecule has 1 aliphatic heterocycles. The third-order valence-corrected chi connectivity index (χ3v) is 10.8. The van der Waals surface area contributed by atoms with Crippen LogP contribution in [0.25, 0.3) is 6.08 Å². The minimum Gasteiger partial charge on any atom is -0.450 e. The van der Waals surface area contributed by atoms with Crippen LogP contribution in [0.4, 0.5) is 0 Å². The van der Waals surface area contributed by atoms with Gasteiger partial charge in [0.15, 0.2) is 14.4 Å². The summed E-state index contributed by atoms with van der Waals surface area (Å²) in [6, 6.07) is 35.9. The molecule has 50 heavy (non-hydrogen) atoms. The number of carbonyl (C=O) groups excluding carboxylic acids is 1. The van der Waals surface area contributed by atoms with Crippen LogP contribution >= 0.6 is 7.82 Å². The van der Waals surface area contributed by atoms with Gasteiger partial charge >= 0.3 is 13.8 Å². The highest BCUT2D eigenvalue weighted by molar-refractivity contribution is 7.46. The lowest BCUT2D eigenvalue weighted by Gasteiger charge is -2.45. The number of hydrogen-bond donors (Lipinski definition) is 2. The van der Waals surface area contributed by atoms with Crippen molar-refractivity contribution in [3.8, 4) is 0 Å². The summed E-state index contributed by atoms with van der Waals surface area (Å²) < 4.78 is 49.3. The lowest BCUT2D eigenvalue weighted by molar-refractivity contribution is -0.298. The second-order valence-electron chi connectivity index (χ2n) is 12.6. The number of carbonyl (C=O) groups is 1. The van der Waals surface area contributed by atoms with Gasteiger partial charge in [-0.3, -0.25) is 4.52 Å². The summed E-state index contributed by atoms with van der Waals surface area (Å²) in [5.41, 5.74) is 4.05. The molecular weight excluding hydrogens is 675 g/mol. The fourth-order valence-electron chi connectivity index (χ4n) is 5.67. The van der Waals surface area contributed by atoms with E-state index in [9.17, 15) is 19.1 Å². The van der Waals surface area contributed by atoms with E-state index in [1.807, 2.05) is 84.9 Å². The Balaban J connectivity index is 1.48. The average molecular weight is 719 g/mol. The Kier molecular flexibility index (Phi) is 13.1. The molecule has 0 bridgehead atoms. The first-order valence-corrected chi connectivity index (χ1v) is 21.0. The molecule has 0 spiro atoms. The minimum atomic E-state index is -5.16. The van der Waals surface area contributed by atoms with Crippen LogP contribution in [-0.4, -0.2) is 61.4 Å². The quantitative estimate of drug-likeness (QED) is 0.0720. The highest BCUT2D eigenvalue weighted by Gasteiger charge is 2.52. The Hall–Kier alpha value is -3.74. The van der Waals surface area contributed by atoms with Gasteiger partial charge in [-0.05, 0) is 53.5 Å². The number of rotatable bonds is 16. The first-order valence-electron chi connectivity index (χ1n) is 16.3. The second kappa shape index (κ2) is 17.5. The van der Waals surface area contributed by atoms with Gasteiger partial charge in [0, 0.05) is 0 Å². The molecule has 1 aliphatic rings. The summed E-state index contributed by atoms with van der Waals surface area (Å²) >= 11 is 0. The molecule has 5 atom stereocenters. The zero-order chi connectivity index (χ0) is 35.6. The summed E-state index contributed by atoms with van der Waals surface area (Å²) in [6.45, 7) is 8.20. The van der Waals surface area contributed by atoms with E-state index < -0.39 is 52.8 Å². The monoisotopic (exact) mass is 718 g/mol. The van der Waals surface area contributed by atoms with Crippen molar-refractivity contribution in [2.75, 3.05) is 6.61 Å². The smallest absolute Gasteiger partial charge is 0.450 e. The van der Waals surface area contributed by atoms with Crippen molar-refractivity contribution in [2.45, 2.75) is 63.1 Å². The largest absolute Gasteiger partial charge is 0.472 e. The minimum absolute atomic E-state index is 0.00497. The maximum atomic E-state index is 13.4. The SMILES string of the molecule is C=Cc1ccc(C[Si](C)(C)OC[C@H]2O[C@@H](OP(=O)(O)O)[C@H](OC(=O)c3ccccc3)[C@@H](OCc3ccccc3)[C@@H]2OCc2ccccc2)cc1. The van der Waals surface area contributed by atoms with Gasteiger partial charge in [0.1, 0.15) is 18.3 Å². The molecular formula is C38H43O10PSi. The molecule has 10 nitrogen and oxygen atoms in total. The van der Waals surface area contributed by atoms with E-state index in [1.54, 1.807) is 36.4 Å². The Morgan fingerprint density at radius 1 is 0.780 bits per heavy atom. The first-order chi connectivity index (χ1) is 24.0. The van der Waals surface area contributed by atoms with Crippen molar-refractivity contribution in [2.24, 2.45) is 0 Å². The number of ether oxygens (including phenoxy) is 4. The van der Waals surface area contributed by atoms with Gasteiger partial charge in [-0.1, -0.05) is 116 Å². The fourth-order valence-corrected chi connectivity index (χ4v) is 8.05. The van der Waals surface area contributed by atoms with Crippen molar-refractivity contribution >= 4 is 28.2 Å². The Labute approximate surface area is 294 Å². The number of benzene rings is 4. The van der Waals surface area contributed by atoms with E-state index in [0.29, 0.717) is 6.04 Å². The molecule has 1 saturated heterocycles. The highest BCUT2D eigenvalue weighted by atomic mass is 31.2. The molecule has 5 rings (SSSR count). The van der Waals surface area contributed by atoms with Crippen LogP contribution in [0, 0.1) is 0 Å². The summed E-state index contributed by atoms with van der Waals surface area (Å²) in [5, 5.41) is 0. The van der Waals surface area contributed by atoms with Crippen LogP contribution in [0.3, 0.4) is 0 Å². The van der Waals surface area contributed by atoms with E-state index >= 15 is 0 Å². The summed E-state index contributed by atoms with van der Waals surface area (Å²) in [5.74, 6) is -0.751. The van der Waals surface area contributed by atoms with Crippen LogP contribution in [0.15, 0.2) is 122 Å². The van der Waals surface area contributed by atoms with E-state index in [4.69, 9.17) is 27.9 Å². The maximum absolute atomic E-state index is 13.4. The fraction of sp³-hybridized carbons (Fsp3) is 0.289. The number of phosphoric ester groups is 1. The molecule has 4 aromatic rings. The van der Waals surface area contributed by atoms with Crippen molar-refractivity contribution in [3.05, 3.63) is 150 Å². The summed E-state index contributed by atoms with van der Waals surface area (Å²) in [4.78, 5) is 33.4. The standard InChI is InChI=1S/C38H43O10PSi/c1-4-28-20-22-31(23-21-28)27-50(2,3)45-26-33-34(43-24-29-14-8-5-9-15-29)35(44-25-30-16-10-6-11-17-30)36(38(46-33)48-49(40,41)42)47-37(39)32-18-12-7-13-19-32/h4-23,33-36,38H,1,24-27H2,2-3H3,(H2,40,41,42)/t33-,34-,35+,36-,38+/m1/s1. The Morgan fingerprint density at radius 2 is 1.32 bits per heavy atom. The van der Waals surface area contributed by atoms with Gasteiger partial charge in [0.25, 0.3) is 0 Å². The zero-order valence-electron chi connectivity index (χ0n) is 28.1. The van der Waals surface area contributed by atoms with Crippen molar-refractivity contribution < 1.29 is 47.0 Å². The van der Waals surface area contributed by atoms with E-state index in [2.05, 4.69) is 19.7 Å². The van der Waals surface area contributed by atoms with Crippen LogP contribution in [0.1, 0.15) is 32.6 Å². The van der Waals surface area contributed by atoms with Crippen molar-refractivity contribution in [1.29, 1.82) is 0 Å². The molecule has 1 fully saturated rings. The maximum Gasteiger partial charge on any atom is 0.472 e. The molecule has 12 heteroatoms. The molecule has 0 aliphatic carbocycles. The van der Waals surface area contributed by atoms with Gasteiger partial charge in [-0.15, -0.1) is 0 Å². The second-order valence-corrected chi connectivity index (χ2v) is 17.9. The Morgan fingerprint density at radius 3 is 1.86 bits per heavy atom. The molecule has 0 unspecified atom stereocenters. The van der Waals surface area contributed by atoms with E-state index in [-0.39, 0.29) is 25.4 Å². The predicted molar refractivity (Wildman–Crippen MR) is 191 cm³/mol. The van der Waals surface area contributed by atoms with Crippen LogP contribution in [0.5, 0.6) is 0 Å². The van der Waals surface area contributed by atoms with Crippen molar-refractivity contribution in [3.63, 3.8) is 0 Å². The summed E-state index contributed by atoms with van der Waals surface area (Å²) in [7, 11) is -7.56. The van der Waals surface area contributed by atoms with Crippen LogP contribution in [0.2, 0.25) is 13.1 Å². The van der Waals surface area contributed by atoms with E-state index in [0.717, 1.165) is 22.3 Å². The van der Waals surface area contributed by atoms with Gasteiger partial charge in [0.2, 0.25) is 6.29 Å². The van der Waals surface area contributed by atoms with E-state index in [1.165, 1.54) is 0 Å². The molecule has 0 aromatic heterocycles. The third kappa shape index (κ3) is 11.1. The van der Waals surface area contributed by atoms with Gasteiger partial charge in [0.05, 0.1) is 25.4 Å². The number of hydrogen-bond acceptors (Lipinski definition) is 8. The molecule has 4 aromatic carbocycles. The lowest BCUT2D eigenvalue weighted by atomic mass is 9.98. The molecule has 1 heterocycles. The highest BCUT2D eigenvalue weighted by Crippen LogP contribution is 2.42. The van der Waals surface area contributed by atoms with Crippen LogP contribution in [-0.2, 0) is 51.7 Å². The molecule has 2 N–H and O–H groups in total. The molecule has 0 radical (unpaired) electrons. The summed E-state index contributed by atoms with van der Waals surface area (Å²) in [6.07, 6.45) is -4.31. The Bertz CT molecular complexity index is 1700. The van der Waals surface area contributed by atoms with Gasteiger partial charge in [-0.25, -0.2) is 9.36 Å². The first kappa shape index (κ1) is 37.5. The van der Waals surface area contributed by atoms with Crippen LogP contribution < -0.4 is 0 Å². The predicted octanol–water partition coefficient (Wildman–Crippen LogP) is 6.86. The number of phosphoric acid groups is 1.